The molecule has 11 heteroatoms. The summed E-state index contributed by atoms with van der Waals surface area (Å²) in [6.45, 7) is 2.12. The summed E-state index contributed by atoms with van der Waals surface area (Å²) in [4.78, 5) is 5.61. The number of benzene rings is 1. The van der Waals surface area contributed by atoms with E-state index in [0.717, 1.165) is 17.7 Å². The van der Waals surface area contributed by atoms with Crippen LogP contribution in [0.3, 0.4) is 0 Å². The molecule has 0 atom stereocenters. The minimum Gasteiger partial charge on any atom is -0.375 e. The second kappa shape index (κ2) is 8.53. The maximum Gasteiger partial charge on any atom is 0.265 e. The van der Waals surface area contributed by atoms with Gasteiger partial charge in [0.2, 0.25) is 0 Å². The van der Waals surface area contributed by atoms with Crippen LogP contribution in [0.4, 0.5) is 5.13 Å². The molecule has 2 rings (SSSR count). The first-order valence-corrected chi connectivity index (χ1v) is 10.8. The lowest BCUT2D eigenvalue weighted by atomic mass is 10.1. The maximum absolute atomic E-state index is 9.86. The van der Waals surface area contributed by atoms with Crippen LogP contribution in [0.2, 0.25) is 0 Å². The number of hydrogen-bond donors (Lipinski definition) is 3. The van der Waals surface area contributed by atoms with Crippen molar-refractivity contribution >= 4 is 36.7 Å². The Morgan fingerprint density at radius 1 is 1.04 bits per heavy atom. The molecule has 0 spiro atoms. The van der Waals surface area contributed by atoms with E-state index in [4.69, 9.17) is 14.8 Å². The topological polar surface area (TPSA) is 148 Å². The number of thiazole rings is 1. The van der Waals surface area contributed by atoms with Crippen LogP contribution in [0.25, 0.3) is 11.3 Å². The number of aryl methyl sites for hydroxylation is 1. The predicted octanol–water partition coefficient (Wildman–Crippen LogP) is 1.72. The molecule has 0 unspecified atom stereocenters. The fourth-order valence-corrected chi connectivity index (χ4v) is 4.12. The highest BCUT2D eigenvalue weighted by atomic mass is 32.2. The molecule has 0 saturated heterocycles. The van der Waals surface area contributed by atoms with E-state index in [9.17, 15) is 16.8 Å². The molecule has 1 aromatic heterocycles. The second-order valence-corrected chi connectivity index (χ2v) is 8.87. The highest BCUT2D eigenvalue weighted by Crippen LogP contribution is 2.29. The molecule has 1 aromatic carbocycles. The van der Waals surface area contributed by atoms with Gasteiger partial charge in [0, 0.05) is 10.4 Å². The predicted molar refractivity (Wildman–Crippen MR) is 94.2 cm³/mol. The van der Waals surface area contributed by atoms with E-state index < -0.39 is 31.7 Å². The Balaban J connectivity index is 0.000000257. The number of anilines is 1. The molecule has 134 valence electrons. The molecule has 0 amide bonds. The van der Waals surface area contributed by atoms with Crippen molar-refractivity contribution in [3.8, 4) is 11.3 Å². The van der Waals surface area contributed by atoms with Crippen molar-refractivity contribution in [1.29, 1.82) is 0 Å². The number of nitrogen functional groups attached to an aromatic ring is 1. The quantitative estimate of drug-likeness (QED) is 0.649. The van der Waals surface area contributed by atoms with Gasteiger partial charge >= 0.3 is 0 Å². The minimum absolute atomic E-state index is 0.653. The molecular formula is C13H18N2O6S3. The molecule has 0 aliphatic rings. The standard InChI is InChI=1S/C11H12N2S.C2H6O6S2/c1-2-9-10(13-11(12)14-9)8-6-4-3-5-7-8;3-9(4,5)1-2-10(6,7)8/h3-7H,2H2,1H3,(H2,12,13);1-2H2,(H,3,4,5)(H,6,7,8). The summed E-state index contributed by atoms with van der Waals surface area (Å²) in [6.07, 6.45) is 0.985. The third kappa shape index (κ3) is 7.84. The third-order valence-corrected chi connectivity index (χ3v) is 5.41. The Morgan fingerprint density at radius 2 is 1.54 bits per heavy atom. The van der Waals surface area contributed by atoms with Gasteiger partial charge in [0.15, 0.2) is 5.13 Å². The molecule has 0 aliphatic heterocycles. The summed E-state index contributed by atoms with van der Waals surface area (Å²) in [7, 11) is -8.59. The van der Waals surface area contributed by atoms with Gasteiger partial charge in [0.05, 0.1) is 17.2 Å². The zero-order valence-corrected chi connectivity index (χ0v) is 15.2. The Morgan fingerprint density at radius 3 is 1.96 bits per heavy atom. The molecular weight excluding hydrogens is 376 g/mol. The Bertz CT molecular complexity index is 828. The summed E-state index contributed by atoms with van der Waals surface area (Å²) >= 11 is 1.58. The van der Waals surface area contributed by atoms with Gasteiger partial charge in [0.25, 0.3) is 20.2 Å². The molecule has 2 aromatic rings. The molecule has 4 N–H and O–H groups in total. The third-order valence-electron chi connectivity index (χ3n) is 2.68. The summed E-state index contributed by atoms with van der Waals surface area (Å²) in [5, 5.41) is 0.653. The Hall–Kier alpha value is -1.53. The van der Waals surface area contributed by atoms with Crippen LogP contribution in [0, 0.1) is 0 Å². The van der Waals surface area contributed by atoms with E-state index in [1.165, 1.54) is 4.88 Å². The molecule has 0 aliphatic carbocycles. The molecule has 0 fully saturated rings. The van der Waals surface area contributed by atoms with Crippen molar-refractivity contribution in [2.75, 3.05) is 17.2 Å². The lowest BCUT2D eigenvalue weighted by Gasteiger charge is -1.98. The van der Waals surface area contributed by atoms with Crippen molar-refractivity contribution in [3.05, 3.63) is 35.2 Å². The number of rotatable bonds is 5. The highest BCUT2D eigenvalue weighted by Gasteiger charge is 2.11. The van der Waals surface area contributed by atoms with E-state index in [-0.39, 0.29) is 0 Å². The average molecular weight is 394 g/mol. The van der Waals surface area contributed by atoms with Crippen LogP contribution in [0.5, 0.6) is 0 Å². The van der Waals surface area contributed by atoms with Gasteiger partial charge in [-0.05, 0) is 6.42 Å². The Kier molecular flexibility index (Phi) is 7.29. The minimum atomic E-state index is -4.30. The molecule has 0 bridgehead atoms. The molecule has 8 nitrogen and oxygen atoms in total. The normalized spacial score (nSPS) is 11.6. The SMILES string of the molecule is CCc1sc(N)nc1-c1ccccc1.O=S(=O)(O)CCS(=O)(=O)O. The van der Waals surface area contributed by atoms with E-state index in [1.807, 2.05) is 18.2 Å². The van der Waals surface area contributed by atoms with Crippen LogP contribution < -0.4 is 5.73 Å². The lowest BCUT2D eigenvalue weighted by molar-refractivity contribution is 0.472. The first-order chi connectivity index (χ1) is 11.0. The molecule has 0 radical (unpaired) electrons. The zero-order chi connectivity index (χ0) is 18.4. The van der Waals surface area contributed by atoms with Gasteiger partial charge in [-0.15, -0.1) is 11.3 Å². The van der Waals surface area contributed by atoms with Crippen LogP contribution in [-0.2, 0) is 26.7 Å². The van der Waals surface area contributed by atoms with E-state index in [1.54, 1.807) is 11.3 Å². The van der Waals surface area contributed by atoms with Gasteiger partial charge < -0.3 is 5.73 Å². The van der Waals surface area contributed by atoms with Crippen molar-refractivity contribution in [1.82, 2.24) is 4.98 Å². The van der Waals surface area contributed by atoms with Crippen molar-refractivity contribution in [2.24, 2.45) is 0 Å². The summed E-state index contributed by atoms with van der Waals surface area (Å²) < 4.78 is 55.4. The van der Waals surface area contributed by atoms with Crippen LogP contribution in [-0.4, -0.2) is 42.4 Å². The summed E-state index contributed by atoms with van der Waals surface area (Å²) in [5.74, 6) is -1.96. The zero-order valence-electron chi connectivity index (χ0n) is 12.8. The monoisotopic (exact) mass is 394 g/mol. The van der Waals surface area contributed by atoms with Crippen molar-refractivity contribution in [2.45, 2.75) is 13.3 Å². The lowest BCUT2D eigenvalue weighted by Crippen LogP contribution is -2.15. The van der Waals surface area contributed by atoms with Crippen LogP contribution in [0.15, 0.2) is 30.3 Å². The first-order valence-electron chi connectivity index (χ1n) is 6.72. The van der Waals surface area contributed by atoms with Gasteiger partial charge in [-0.2, -0.15) is 16.8 Å². The molecule has 0 saturated carbocycles. The number of hydrogen-bond acceptors (Lipinski definition) is 7. The smallest absolute Gasteiger partial charge is 0.265 e. The second-order valence-electron chi connectivity index (χ2n) is 4.62. The van der Waals surface area contributed by atoms with Gasteiger partial charge in [-0.25, -0.2) is 4.98 Å². The van der Waals surface area contributed by atoms with Crippen LogP contribution in [0.1, 0.15) is 11.8 Å². The molecule has 1 heterocycles. The Labute approximate surface area is 144 Å². The highest BCUT2D eigenvalue weighted by molar-refractivity contribution is 7.89. The van der Waals surface area contributed by atoms with E-state index in [2.05, 4.69) is 24.0 Å². The average Bonchev–Trinajstić information content (AvgIpc) is 2.87. The fourth-order valence-electron chi connectivity index (χ4n) is 1.64. The van der Waals surface area contributed by atoms with Gasteiger partial charge in [-0.3, -0.25) is 9.11 Å². The first kappa shape index (κ1) is 20.5. The van der Waals surface area contributed by atoms with Crippen LogP contribution >= 0.6 is 11.3 Å². The largest absolute Gasteiger partial charge is 0.375 e. The van der Waals surface area contributed by atoms with E-state index >= 15 is 0 Å². The number of nitrogens with two attached hydrogens (primary N) is 1. The van der Waals surface area contributed by atoms with Gasteiger partial charge in [-0.1, -0.05) is 37.3 Å². The molecule has 24 heavy (non-hydrogen) atoms. The van der Waals surface area contributed by atoms with E-state index in [0.29, 0.717) is 5.13 Å². The van der Waals surface area contributed by atoms with Crippen molar-refractivity contribution < 1.29 is 25.9 Å². The number of nitrogens with zero attached hydrogens (tertiary/aromatic N) is 1. The fraction of sp³-hybridized carbons (Fsp3) is 0.308. The summed E-state index contributed by atoms with van der Waals surface area (Å²) in [5.41, 5.74) is 7.89. The van der Waals surface area contributed by atoms with Gasteiger partial charge in [0.1, 0.15) is 0 Å². The van der Waals surface area contributed by atoms with Crippen molar-refractivity contribution in [3.63, 3.8) is 0 Å². The maximum atomic E-state index is 9.86. The number of aromatic nitrogens is 1. The summed E-state index contributed by atoms with van der Waals surface area (Å²) in [6, 6.07) is 10.2.